The molecule has 2 aliphatic heterocycles. The van der Waals surface area contributed by atoms with E-state index >= 15 is 0 Å². The second-order valence-corrected chi connectivity index (χ2v) is 7.25. The third kappa shape index (κ3) is 4.93. The van der Waals surface area contributed by atoms with Crippen molar-refractivity contribution in [3.63, 3.8) is 0 Å². The number of nitriles is 1. The smallest absolute Gasteiger partial charge is 0.442 e. The Morgan fingerprint density at radius 2 is 2.00 bits per heavy atom. The van der Waals surface area contributed by atoms with Crippen LogP contribution in [0.2, 0.25) is 0 Å². The van der Waals surface area contributed by atoms with Crippen LogP contribution >= 0.6 is 0 Å². The first kappa shape index (κ1) is 21.7. The molecule has 11 heteroatoms. The molecular formula is C19H20F4N4O3. The number of hydrogen-bond donors (Lipinski definition) is 1. The Balaban J connectivity index is 1.60. The van der Waals surface area contributed by atoms with Gasteiger partial charge in [-0.25, -0.2) is 9.18 Å². The van der Waals surface area contributed by atoms with E-state index in [1.165, 1.54) is 12.1 Å². The molecule has 2 fully saturated rings. The number of alkyl halides is 3. The Morgan fingerprint density at radius 1 is 1.30 bits per heavy atom. The van der Waals surface area contributed by atoms with E-state index in [0.29, 0.717) is 31.1 Å². The molecule has 162 valence electrons. The van der Waals surface area contributed by atoms with Crippen LogP contribution < -0.4 is 15.1 Å². The fraction of sp³-hybridized carbons (Fsp3) is 0.526. The van der Waals surface area contributed by atoms with Gasteiger partial charge in [0.1, 0.15) is 11.9 Å². The summed E-state index contributed by atoms with van der Waals surface area (Å²) in [6.07, 6.45) is -4.77. The molecule has 1 atom stereocenters. The van der Waals surface area contributed by atoms with Crippen LogP contribution in [0.15, 0.2) is 18.2 Å². The van der Waals surface area contributed by atoms with Crippen molar-refractivity contribution in [1.29, 1.82) is 5.26 Å². The standard InChI is InChI=1S/C19H20F4N4O3/c20-15-9-13(1-2-16(15)26-7-4-12(3-6-24)5-8-26)27-11-14(30-18(27)29)10-25-17(28)19(21,22)23/h1-2,9,12,14H,3-5,7-8,10-11H2,(H,25,28). The van der Waals surface area contributed by atoms with Crippen molar-refractivity contribution in [2.45, 2.75) is 31.5 Å². The number of rotatable bonds is 5. The van der Waals surface area contributed by atoms with E-state index < -0.39 is 36.6 Å². The van der Waals surface area contributed by atoms with Crippen LogP contribution in [0.1, 0.15) is 19.3 Å². The van der Waals surface area contributed by atoms with E-state index in [1.807, 2.05) is 4.90 Å². The second-order valence-electron chi connectivity index (χ2n) is 7.25. The van der Waals surface area contributed by atoms with Crippen molar-refractivity contribution in [2.24, 2.45) is 5.92 Å². The molecule has 2 amide bonds. The highest BCUT2D eigenvalue weighted by Crippen LogP contribution is 2.31. The summed E-state index contributed by atoms with van der Waals surface area (Å²) < 4.78 is 56.4. The van der Waals surface area contributed by atoms with E-state index in [1.54, 1.807) is 11.4 Å². The Morgan fingerprint density at radius 3 is 2.60 bits per heavy atom. The molecule has 2 saturated heterocycles. The third-order valence-corrected chi connectivity index (χ3v) is 5.20. The van der Waals surface area contributed by atoms with E-state index in [2.05, 4.69) is 6.07 Å². The summed E-state index contributed by atoms with van der Waals surface area (Å²) in [4.78, 5) is 25.9. The molecule has 0 aromatic heterocycles. The number of nitrogens with zero attached hydrogens (tertiary/aromatic N) is 3. The van der Waals surface area contributed by atoms with Crippen molar-refractivity contribution in [3.8, 4) is 6.07 Å². The number of anilines is 2. The van der Waals surface area contributed by atoms with Crippen molar-refractivity contribution in [2.75, 3.05) is 36.0 Å². The maximum atomic E-state index is 14.7. The molecule has 0 bridgehead atoms. The van der Waals surface area contributed by atoms with Gasteiger partial charge in [-0.3, -0.25) is 9.69 Å². The summed E-state index contributed by atoms with van der Waals surface area (Å²) in [6, 6.07) is 6.41. The minimum Gasteiger partial charge on any atom is -0.442 e. The van der Waals surface area contributed by atoms with E-state index in [4.69, 9.17) is 10.00 Å². The van der Waals surface area contributed by atoms with Crippen LogP contribution in [0.25, 0.3) is 0 Å². The Hall–Kier alpha value is -3.03. The van der Waals surface area contributed by atoms with Gasteiger partial charge in [-0.05, 0) is 37.0 Å². The van der Waals surface area contributed by atoms with Gasteiger partial charge in [-0.15, -0.1) is 0 Å². The lowest BCUT2D eigenvalue weighted by atomic mass is 9.94. The lowest BCUT2D eigenvalue weighted by molar-refractivity contribution is -0.173. The van der Waals surface area contributed by atoms with Crippen LogP contribution in [-0.4, -0.2) is 50.5 Å². The van der Waals surface area contributed by atoms with Gasteiger partial charge in [-0.2, -0.15) is 18.4 Å². The minimum absolute atomic E-state index is 0.116. The van der Waals surface area contributed by atoms with E-state index in [0.717, 1.165) is 17.7 Å². The van der Waals surface area contributed by atoms with Crippen molar-refractivity contribution in [1.82, 2.24) is 5.32 Å². The summed E-state index contributed by atoms with van der Waals surface area (Å²) in [5, 5.41) is 10.4. The topological polar surface area (TPSA) is 85.7 Å². The van der Waals surface area contributed by atoms with Crippen LogP contribution in [0.5, 0.6) is 0 Å². The third-order valence-electron chi connectivity index (χ3n) is 5.20. The zero-order chi connectivity index (χ0) is 21.9. The minimum atomic E-state index is -5.02. The number of benzene rings is 1. The molecule has 1 aromatic rings. The van der Waals surface area contributed by atoms with E-state index in [9.17, 15) is 27.2 Å². The average Bonchev–Trinajstić information content (AvgIpc) is 3.07. The molecule has 0 spiro atoms. The Kier molecular flexibility index (Phi) is 6.34. The lowest BCUT2D eigenvalue weighted by Gasteiger charge is -2.33. The monoisotopic (exact) mass is 428 g/mol. The fourth-order valence-corrected chi connectivity index (χ4v) is 3.57. The fourth-order valence-electron chi connectivity index (χ4n) is 3.57. The summed E-state index contributed by atoms with van der Waals surface area (Å²) in [5.74, 6) is -2.35. The number of amides is 2. The van der Waals surface area contributed by atoms with Crippen LogP contribution in [0.4, 0.5) is 33.7 Å². The van der Waals surface area contributed by atoms with E-state index in [-0.39, 0.29) is 12.2 Å². The number of cyclic esters (lactones) is 1. The SMILES string of the molecule is N#CCC1CCN(c2ccc(N3CC(CNC(=O)C(F)(F)F)OC3=O)cc2F)CC1. The van der Waals surface area contributed by atoms with Gasteiger partial charge in [0, 0.05) is 19.5 Å². The maximum absolute atomic E-state index is 14.7. The summed E-state index contributed by atoms with van der Waals surface area (Å²) >= 11 is 0. The number of halogens is 4. The number of ether oxygens (including phenoxy) is 1. The number of nitrogens with one attached hydrogen (secondary N) is 1. The largest absolute Gasteiger partial charge is 0.471 e. The molecule has 1 unspecified atom stereocenters. The molecule has 1 aromatic carbocycles. The number of hydrogen-bond acceptors (Lipinski definition) is 5. The predicted octanol–water partition coefficient (Wildman–Crippen LogP) is 2.96. The molecule has 2 aliphatic rings. The molecule has 2 heterocycles. The van der Waals surface area contributed by atoms with Gasteiger partial charge < -0.3 is 15.0 Å². The second kappa shape index (κ2) is 8.77. The van der Waals surface area contributed by atoms with Crippen molar-refractivity contribution >= 4 is 23.4 Å². The highest BCUT2D eigenvalue weighted by Gasteiger charge is 2.40. The quantitative estimate of drug-likeness (QED) is 0.729. The van der Waals surface area contributed by atoms with Gasteiger partial charge in [-0.1, -0.05) is 0 Å². The molecule has 7 nitrogen and oxygen atoms in total. The van der Waals surface area contributed by atoms with Crippen molar-refractivity contribution < 1.29 is 31.9 Å². The average molecular weight is 428 g/mol. The number of piperidine rings is 1. The number of carbonyl (C=O) groups is 2. The molecule has 0 saturated carbocycles. The normalized spacial score (nSPS) is 20.1. The molecule has 30 heavy (non-hydrogen) atoms. The highest BCUT2D eigenvalue weighted by atomic mass is 19.4. The highest BCUT2D eigenvalue weighted by molar-refractivity contribution is 5.90. The zero-order valence-electron chi connectivity index (χ0n) is 15.9. The molecular weight excluding hydrogens is 408 g/mol. The van der Waals surface area contributed by atoms with Crippen LogP contribution in [0.3, 0.4) is 0 Å². The maximum Gasteiger partial charge on any atom is 0.471 e. The van der Waals surface area contributed by atoms with Gasteiger partial charge in [0.2, 0.25) is 0 Å². The first-order chi connectivity index (χ1) is 14.2. The predicted molar refractivity (Wildman–Crippen MR) is 98.2 cm³/mol. The van der Waals surface area contributed by atoms with Crippen molar-refractivity contribution in [3.05, 3.63) is 24.0 Å². The van der Waals surface area contributed by atoms with Gasteiger partial charge in [0.15, 0.2) is 0 Å². The zero-order valence-corrected chi connectivity index (χ0v) is 15.9. The van der Waals surface area contributed by atoms with Crippen LogP contribution in [0, 0.1) is 23.1 Å². The molecule has 0 radical (unpaired) electrons. The summed E-state index contributed by atoms with van der Waals surface area (Å²) in [7, 11) is 0. The first-order valence-corrected chi connectivity index (χ1v) is 9.43. The Bertz CT molecular complexity index is 847. The molecule has 1 N–H and O–H groups in total. The Labute approximate surface area is 170 Å². The lowest BCUT2D eigenvalue weighted by Crippen LogP contribution is -2.41. The van der Waals surface area contributed by atoms with Gasteiger partial charge in [0.25, 0.3) is 0 Å². The molecule has 0 aliphatic carbocycles. The van der Waals surface area contributed by atoms with Gasteiger partial charge in [0.05, 0.1) is 30.5 Å². The first-order valence-electron chi connectivity index (χ1n) is 9.43. The van der Waals surface area contributed by atoms with Crippen LogP contribution in [-0.2, 0) is 9.53 Å². The number of carbonyl (C=O) groups excluding carboxylic acids is 2. The van der Waals surface area contributed by atoms with Gasteiger partial charge >= 0.3 is 18.2 Å². The molecule has 3 rings (SSSR count). The summed E-state index contributed by atoms with van der Waals surface area (Å²) in [5.41, 5.74) is 0.598. The summed E-state index contributed by atoms with van der Waals surface area (Å²) in [6.45, 7) is 0.624.